The molecule has 1 atom stereocenters. The van der Waals surface area contributed by atoms with Crippen LogP contribution < -0.4 is 0 Å². The summed E-state index contributed by atoms with van der Waals surface area (Å²) < 4.78 is 0. The van der Waals surface area contributed by atoms with Gasteiger partial charge in [0.1, 0.15) is 0 Å². The van der Waals surface area contributed by atoms with Crippen LogP contribution in [-0.4, -0.2) is 22.4 Å². The van der Waals surface area contributed by atoms with Gasteiger partial charge >= 0.3 is 0 Å². The molecule has 0 aliphatic heterocycles. The van der Waals surface area contributed by atoms with E-state index >= 15 is 0 Å². The predicted octanol–water partition coefficient (Wildman–Crippen LogP) is 3.14. The molecule has 2 heteroatoms. The molecular weight excluding hydrogens is 188 g/mol. The van der Waals surface area contributed by atoms with Gasteiger partial charge in [-0.25, -0.2) is 0 Å². The second-order valence-electron chi connectivity index (χ2n) is 4.57. The number of hydrogen-bond donors (Lipinski definition) is 2. The molecule has 15 heavy (non-hydrogen) atoms. The molecule has 0 aliphatic carbocycles. The van der Waals surface area contributed by atoms with Crippen molar-refractivity contribution in [2.24, 2.45) is 5.92 Å². The highest BCUT2D eigenvalue weighted by Crippen LogP contribution is 2.16. The summed E-state index contributed by atoms with van der Waals surface area (Å²) in [6.07, 6.45) is 5.59. The van der Waals surface area contributed by atoms with Crippen LogP contribution in [0, 0.1) is 5.92 Å². The van der Waals surface area contributed by atoms with E-state index in [2.05, 4.69) is 20.4 Å². The van der Waals surface area contributed by atoms with Crippen LogP contribution in [0.5, 0.6) is 0 Å². The van der Waals surface area contributed by atoms with E-state index in [1.165, 1.54) is 6.42 Å². The van der Waals surface area contributed by atoms with Crippen molar-refractivity contribution < 1.29 is 10.2 Å². The minimum absolute atomic E-state index is 0.319. The second-order valence-corrected chi connectivity index (χ2v) is 4.57. The van der Waals surface area contributed by atoms with Crippen molar-refractivity contribution >= 4 is 0 Å². The molecule has 0 fully saturated rings. The Balaban J connectivity index is 0. The quantitative estimate of drug-likeness (QED) is 0.670. The maximum absolute atomic E-state index is 9.52. The Labute approximate surface area is 95.0 Å². The molecule has 2 nitrogen and oxygen atoms in total. The Kier molecular flexibility index (Phi) is 11.6. The molecule has 0 amide bonds. The zero-order valence-electron chi connectivity index (χ0n) is 10.8. The van der Waals surface area contributed by atoms with E-state index in [1.54, 1.807) is 13.0 Å². The van der Waals surface area contributed by atoms with Gasteiger partial charge in [0.15, 0.2) is 0 Å². The van der Waals surface area contributed by atoms with Crippen molar-refractivity contribution in [3.63, 3.8) is 0 Å². The normalized spacial score (nSPS) is 14.1. The summed E-state index contributed by atoms with van der Waals surface area (Å²) in [7, 11) is 0. The Hall–Kier alpha value is -0.340. The largest absolute Gasteiger partial charge is 0.396 e. The predicted molar refractivity (Wildman–Crippen MR) is 66.9 cm³/mol. The van der Waals surface area contributed by atoms with E-state index in [0.717, 1.165) is 25.2 Å². The topological polar surface area (TPSA) is 40.5 Å². The molecular formula is C13H28O2. The van der Waals surface area contributed by atoms with E-state index in [4.69, 9.17) is 5.11 Å². The third-order valence-corrected chi connectivity index (χ3v) is 2.13. The van der Waals surface area contributed by atoms with Crippen molar-refractivity contribution in [3.05, 3.63) is 12.7 Å². The van der Waals surface area contributed by atoms with Crippen LogP contribution in [0.2, 0.25) is 0 Å². The van der Waals surface area contributed by atoms with Crippen molar-refractivity contribution in [2.45, 2.75) is 59.0 Å². The van der Waals surface area contributed by atoms with Gasteiger partial charge in [-0.3, -0.25) is 0 Å². The fourth-order valence-corrected chi connectivity index (χ4v) is 0.970. The maximum atomic E-state index is 9.52. The SMILES string of the molecule is C=CC(C)(O)CCCC(C)C.CCCO. The minimum Gasteiger partial charge on any atom is -0.396 e. The highest BCUT2D eigenvalue weighted by atomic mass is 16.3. The van der Waals surface area contributed by atoms with Crippen molar-refractivity contribution in [1.82, 2.24) is 0 Å². The molecule has 0 heterocycles. The molecule has 92 valence electrons. The third-order valence-electron chi connectivity index (χ3n) is 2.13. The van der Waals surface area contributed by atoms with Crippen molar-refractivity contribution in [2.75, 3.05) is 6.61 Å². The number of aliphatic hydroxyl groups excluding tert-OH is 1. The van der Waals surface area contributed by atoms with Gasteiger partial charge in [-0.05, 0) is 25.7 Å². The van der Waals surface area contributed by atoms with Gasteiger partial charge in [0.2, 0.25) is 0 Å². The third kappa shape index (κ3) is 16.3. The standard InChI is InChI=1S/C10H20O.C3H8O/c1-5-10(4,11)8-6-7-9(2)3;1-2-3-4/h5,9,11H,1,6-8H2,2-4H3;4H,2-3H2,1H3. The summed E-state index contributed by atoms with van der Waals surface area (Å²) in [5, 5.41) is 17.4. The molecule has 0 bridgehead atoms. The monoisotopic (exact) mass is 216 g/mol. The summed E-state index contributed by atoms with van der Waals surface area (Å²) in [5.74, 6) is 0.732. The van der Waals surface area contributed by atoms with E-state index in [0.29, 0.717) is 6.61 Å². The first-order chi connectivity index (χ1) is 6.89. The molecule has 0 saturated heterocycles. The van der Waals surface area contributed by atoms with Crippen LogP contribution in [0.1, 0.15) is 53.4 Å². The molecule has 0 rings (SSSR count). The second kappa shape index (κ2) is 10.2. The Morgan fingerprint density at radius 2 is 1.87 bits per heavy atom. The fourth-order valence-electron chi connectivity index (χ4n) is 0.970. The molecule has 0 saturated carbocycles. The van der Waals surface area contributed by atoms with Gasteiger partial charge < -0.3 is 10.2 Å². The van der Waals surface area contributed by atoms with E-state index in [1.807, 2.05) is 6.92 Å². The molecule has 0 spiro atoms. The van der Waals surface area contributed by atoms with Gasteiger partial charge in [-0.15, -0.1) is 6.58 Å². The Morgan fingerprint density at radius 3 is 2.13 bits per heavy atom. The fraction of sp³-hybridized carbons (Fsp3) is 0.846. The van der Waals surface area contributed by atoms with Crippen LogP contribution in [-0.2, 0) is 0 Å². The Morgan fingerprint density at radius 1 is 1.40 bits per heavy atom. The molecule has 0 aromatic rings. The van der Waals surface area contributed by atoms with Gasteiger partial charge in [-0.2, -0.15) is 0 Å². The minimum atomic E-state index is -0.658. The van der Waals surface area contributed by atoms with E-state index in [-0.39, 0.29) is 0 Å². The summed E-state index contributed by atoms with van der Waals surface area (Å²) in [6, 6.07) is 0. The number of rotatable bonds is 6. The first-order valence-corrected chi connectivity index (χ1v) is 5.86. The summed E-state index contributed by atoms with van der Waals surface area (Å²) >= 11 is 0. The van der Waals surface area contributed by atoms with Gasteiger partial charge in [0, 0.05) is 6.61 Å². The van der Waals surface area contributed by atoms with Crippen LogP contribution >= 0.6 is 0 Å². The van der Waals surface area contributed by atoms with E-state index < -0.39 is 5.60 Å². The molecule has 0 aliphatic rings. The molecule has 0 aromatic carbocycles. The zero-order valence-corrected chi connectivity index (χ0v) is 10.8. The molecule has 1 unspecified atom stereocenters. The van der Waals surface area contributed by atoms with Gasteiger partial charge in [0.25, 0.3) is 0 Å². The van der Waals surface area contributed by atoms with Crippen LogP contribution in [0.4, 0.5) is 0 Å². The van der Waals surface area contributed by atoms with Crippen LogP contribution in [0.25, 0.3) is 0 Å². The van der Waals surface area contributed by atoms with Crippen molar-refractivity contribution in [1.29, 1.82) is 0 Å². The lowest BCUT2D eigenvalue weighted by atomic mass is 9.96. The first kappa shape index (κ1) is 17.1. The summed E-state index contributed by atoms with van der Waals surface area (Å²) in [5.41, 5.74) is -0.658. The highest BCUT2D eigenvalue weighted by Gasteiger charge is 2.13. The molecule has 0 radical (unpaired) electrons. The van der Waals surface area contributed by atoms with Crippen LogP contribution in [0.15, 0.2) is 12.7 Å². The average Bonchev–Trinajstić information content (AvgIpc) is 2.17. The number of hydrogen-bond acceptors (Lipinski definition) is 2. The smallest absolute Gasteiger partial charge is 0.0797 e. The van der Waals surface area contributed by atoms with Crippen molar-refractivity contribution in [3.8, 4) is 0 Å². The Bertz CT molecular complexity index is 137. The lowest BCUT2D eigenvalue weighted by Crippen LogP contribution is -2.19. The first-order valence-electron chi connectivity index (χ1n) is 5.86. The van der Waals surface area contributed by atoms with Gasteiger partial charge in [-0.1, -0.05) is 39.7 Å². The summed E-state index contributed by atoms with van der Waals surface area (Å²) in [4.78, 5) is 0. The zero-order chi connectivity index (χ0) is 12.3. The summed E-state index contributed by atoms with van der Waals surface area (Å²) in [6.45, 7) is 12.0. The lowest BCUT2D eigenvalue weighted by Gasteiger charge is -2.18. The molecule has 0 aromatic heterocycles. The van der Waals surface area contributed by atoms with Crippen LogP contribution in [0.3, 0.4) is 0 Å². The lowest BCUT2D eigenvalue weighted by molar-refractivity contribution is 0.0979. The number of aliphatic hydroxyl groups is 2. The average molecular weight is 216 g/mol. The molecule has 2 N–H and O–H groups in total. The van der Waals surface area contributed by atoms with E-state index in [9.17, 15) is 5.11 Å². The maximum Gasteiger partial charge on any atom is 0.0797 e. The highest BCUT2D eigenvalue weighted by molar-refractivity contribution is 4.91. The van der Waals surface area contributed by atoms with Gasteiger partial charge in [0.05, 0.1) is 5.60 Å².